The summed E-state index contributed by atoms with van der Waals surface area (Å²) in [5, 5.41) is 19.4. The number of ether oxygens (including phenoxy) is 3. The van der Waals surface area contributed by atoms with Crippen LogP contribution in [0.5, 0.6) is 11.5 Å². The molecule has 0 bridgehead atoms. The van der Waals surface area contributed by atoms with E-state index in [0.717, 1.165) is 18.4 Å². The van der Waals surface area contributed by atoms with Gasteiger partial charge >= 0.3 is 5.97 Å². The third-order valence-electron chi connectivity index (χ3n) is 5.50. The number of aliphatic hydroxyl groups is 1. The summed E-state index contributed by atoms with van der Waals surface area (Å²) in [6.45, 7) is 7.03. The Morgan fingerprint density at radius 2 is 1.80 bits per heavy atom. The van der Waals surface area contributed by atoms with E-state index < -0.39 is 24.0 Å². The molecule has 0 fully saturated rings. The molecule has 0 amide bonds. The number of carboxylic acids is 1. The van der Waals surface area contributed by atoms with E-state index in [4.69, 9.17) is 25.1 Å². The van der Waals surface area contributed by atoms with Crippen LogP contribution in [0.4, 0.5) is 0 Å². The molecule has 0 aliphatic carbocycles. The van der Waals surface area contributed by atoms with E-state index in [0.29, 0.717) is 37.1 Å². The van der Waals surface area contributed by atoms with Gasteiger partial charge in [0.25, 0.3) is 0 Å². The Morgan fingerprint density at radius 3 is 2.37 bits per heavy atom. The maximum absolute atomic E-state index is 11.0. The van der Waals surface area contributed by atoms with Crippen molar-refractivity contribution in [3.63, 3.8) is 0 Å². The van der Waals surface area contributed by atoms with E-state index in [1.807, 2.05) is 18.2 Å². The molecule has 0 saturated heterocycles. The quantitative estimate of drug-likeness (QED) is 0.370. The third-order valence-corrected chi connectivity index (χ3v) is 5.50. The molecule has 0 heterocycles. The number of carboxylic acid groups (broad SMARTS) is 1. The van der Waals surface area contributed by atoms with Crippen LogP contribution in [0, 0.1) is 17.8 Å². The first-order chi connectivity index (χ1) is 14.2. The smallest absolute Gasteiger partial charge is 0.306 e. The minimum absolute atomic E-state index is 0.156. The van der Waals surface area contributed by atoms with Crippen LogP contribution in [0.3, 0.4) is 0 Å². The van der Waals surface area contributed by atoms with Gasteiger partial charge in [-0.05, 0) is 48.8 Å². The van der Waals surface area contributed by atoms with E-state index >= 15 is 0 Å². The Kier molecular flexibility index (Phi) is 11.8. The molecule has 4 N–H and O–H groups in total. The lowest BCUT2D eigenvalue weighted by atomic mass is 9.82. The average Bonchev–Trinajstić information content (AvgIpc) is 2.70. The molecule has 0 aliphatic heterocycles. The van der Waals surface area contributed by atoms with Crippen molar-refractivity contribution in [2.45, 2.75) is 58.6 Å². The SMILES string of the molecule is COCCCOc1cc(CC(CC(N)C(O)CC(C)C(=O)O)C(C)C)ccc1OC. The standard InChI is InChI=1S/C23H39NO6/c1-15(2)18(14-19(24)20(25)11-16(3)23(26)27)12-17-7-8-21(29-5)22(13-17)30-10-6-9-28-4/h7-8,13,15-16,18-20,25H,6,9-12,14,24H2,1-5H3,(H,26,27). The molecule has 0 radical (unpaired) electrons. The molecule has 0 aliphatic rings. The molecular formula is C23H39NO6. The van der Waals surface area contributed by atoms with Crippen LogP contribution in [-0.2, 0) is 16.0 Å². The highest BCUT2D eigenvalue weighted by Crippen LogP contribution is 2.31. The summed E-state index contributed by atoms with van der Waals surface area (Å²) in [6, 6.07) is 5.45. The second-order valence-corrected chi connectivity index (χ2v) is 8.33. The summed E-state index contributed by atoms with van der Waals surface area (Å²) in [6.07, 6.45) is 1.50. The maximum Gasteiger partial charge on any atom is 0.306 e. The lowest BCUT2D eigenvalue weighted by Gasteiger charge is -2.28. The highest BCUT2D eigenvalue weighted by molar-refractivity contribution is 5.69. The zero-order chi connectivity index (χ0) is 22.7. The largest absolute Gasteiger partial charge is 0.493 e. The minimum Gasteiger partial charge on any atom is -0.493 e. The van der Waals surface area contributed by atoms with Crippen molar-refractivity contribution in [3.05, 3.63) is 23.8 Å². The normalized spacial score (nSPS) is 15.5. The molecule has 1 rings (SSSR count). The fraction of sp³-hybridized carbons (Fsp3) is 0.696. The van der Waals surface area contributed by atoms with Crippen LogP contribution in [0.2, 0.25) is 0 Å². The van der Waals surface area contributed by atoms with Gasteiger partial charge in [0, 0.05) is 26.2 Å². The van der Waals surface area contributed by atoms with Crippen LogP contribution in [0.25, 0.3) is 0 Å². The van der Waals surface area contributed by atoms with Gasteiger partial charge in [-0.15, -0.1) is 0 Å². The lowest BCUT2D eigenvalue weighted by molar-refractivity contribution is -0.142. The number of hydrogen-bond donors (Lipinski definition) is 3. The van der Waals surface area contributed by atoms with Gasteiger partial charge in [-0.2, -0.15) is 0 Å². The van der Waals surface area contributed by atoms with Crippen LogP contribution in [-0.4, -0.2) is 55.8 Å². The Morgan fingerprint density at radius 1 is 1.10 bits per heavy atom. The van der Waals surface area contributed by atoms with Gasteiger partial charge in [0.15, 0.2) is 11.5 Å². The summed E-state index contributed by atoms with van der Waals surface area (Å²) < 4.78 is 16.3. The van der Waals surface area contributed by atoms with Crippen molar-refractivity contribution < 1.29 is 29.2 Å². The maximum atomic E-state index is 11.0. The van der Waals surface area contributed by atoms with Gasteiger partial charge in [0.1, 0.15) is 0 Å². The minimum atomic E-state index is -0.919. The highest BCUT2D eigenvalue weighted by atomic mass is 16.5. The Labute approximate surface area is 180 Å². The van der Waals surface area contributed by atoms with Gasteiger partial charge in [-0.1, -0.05) is 26.8 Å². The molecule has 172 valence electrons. The molecule has 1 aromatic carbocycles. The summed E-state index contributed by atoms with van der Waals surface area (Å²) >= 11 is 0. The Hall–Kier alpha value is -1.83. The van der Waals surface area contributed by atoms with E-state index in [-0.39, 0.29) is 12.3 Å². The molecule has 0 spiro atoms. The first-order valence-corrected chi connectivity index (χ1v) is 10.6. The third kappa shape index (κ3) is 8.90. The first-order valence-electron chi connectivity index (χ1n) is 10.6. The second kappa shape index (κ2) is 13.5. The van der Waals surface area contributed by atoms with E-state index in [1.54, 1.807) is 21.1 Å². The van der Waals surface area contributed by atoms with Gasteiger partial charge in [0.2, 0.25) is 0 Å². The second-order valence-electron chi connectivity index (χ2n) is 8.33. The zero-order valence-corrected chi connectivity index (χ0v) is 19.0. The molecule has 0 saturated carbocycles. The number of aliphatic carboxylic acids is 1. The first kappa shape index (κ1) is 26.2. The summed E-state index contributed by atoms with van der Waals surface area (Å²) in [5.74, 6) is 0.444. The summed E-state index contributed by atoms with van der Waals surface area (Å²) in [7, 11) is 3.28. The fourth-order valence-electron chi connectivity index (χ4n) is 3.38. The number of nitrogens with two attached hydrogens (primary N) is 1. The molecule has 7 nitrogen and oxygen atoms in total. The number of rotatable bonds is 15. The number of carbonyl (C=O) groups is 1. The molecule has 7 heteroatoms. The number of aliphatic hydroxyl groups excluding tert-OH is 1. The van der Waals surface area contributed by atoms with Gasteiger partial charge in [-0.3, -0.25) is 4.79 Å². The van der Waals surface area contributed by atoms with Gasteiger partial charge in [0.05, 0.1) is 25.7 Å². The van der Waals surface area contributed by atoms with Crippen molar-refractivity contribution >= 4 is 5.97 Å². The molecule has 1 aromatic rings. The predicted molar refractivity (Wildman–Crippen MR) is 117 cm³/mol. The highest BCUT2D eigenvalue weighted by Gasteiger charge is 2.26. The Bertz CT molecular complexity index is 636. The Balaban J connectivity index is 2.80. The summed E-state index contributed by atoms with van der Waals surface area (Å²) in [5.41, 5.74) is 7.34. The molecule has 0 aromatic heterocycles. The predicted octanol–water partition coefficient (Wildman–Crippen LogP) is 3.11. The van der Waals surface area contributed by atoms with Gasteiger partial charge in [-0.25, -0.2) is 0 Å². The van der Waals surface area contributed by atoms with E-state index in [9.17, 15) is 9.90 Å². The van der Waals surface area contributed by atoms with Crippen LogP contribution in [0.15, 0.2) is 18.2 Å². The van der Waals surface area contributed by atoms with Crippen LogP contribution >= 0.6 is 0 Å². The van der Waals surface area contributed by atoms with Crippen molar-refractivity contribution in [1.82, 2.24) is 0 Å². The molecular weight excluding hydrogens is 386 g/mol. The molecule has 30 heavy (non-hydrogen) atoms. The molecule has 4 unspecified atom stereocenters. The van der Waals surface area contributed by atoms with Crippen LogP contribution in [0.1, 0.15) is 45.6 Å². The zero-order valence-electron chi connectivity index (χ0n) is 19.0. The molecule has 4 atom stereocenters. The van der Waals surface area contributed by atoms with E-state index in [1.165, 1.54) is 0 Å². The van der Waals surface area contributed by atoms with Crippen molar-refractivity contribution in [2.24, 2.45) is 23.5 Å². The monoisotopic (exact) mass is 425 g/mol. The van der Waals surface area contributed by atoms with Gasteiger partial charge < -0.3 is 30.2 Å². The van der Waals surface area contributed by atoms with Crippen LogP contribution < -0.4 is 15.2 Å². The van der Waals surface area contributed by atoms with Crippen molar-refractivity contribution in [1.29, 1.82) is 0 Å². The lowest BCUT2D eigenvalue weighted by Crippen LogP contribution is -2.39. The van der Waals surface area contributed by atoms with Crippen molar-refractivity contribution in [3.8, 4) is 11.5 Å². The van der Waals surface area contributed by atoms with E-state index in [2.05, 4.69) is 13.8 Å². The number of hydrogen-bond acceptors (Lipinski definition) is 6. The topological polar surface area (TPSA) is 111 Å². The van der Waals surface area contributed by atoms with Crippen molar-refractivity contribution in [2.75, 3.05) is 27.4 Å². The fourth-order valence-corrected chi connectivity index (χ4v) is 3.38. The summed E-state index contributed by atoms with van der Waals surface area (Å²) in [4.78, 5) is 11.0. The number of methoxy groups -OCH3 is 2. The number of benzene rings is 1. The average molecular weight is 426 g/mol.